The smallest absolute Gasteiger partial charge is 0.143 e. The first kappa shape index (κ1) is 13.7. The Kier molecular flexibility index (Phi) is 4.51. The summed E-state index contributed by atoms with van der Waals surface area (Å²) in [5, 5.41) is 3.64. The number of hydrogen-bond donors (Lipinski definition) is 1. The van der Waals surface area contributed by atoms with Gasteiger partial charge in [-0.1, -0.05) is 15.9 Å². The van der Waals surface area contributed by atoms with Crippen LogP contribution in [0.15, 0.2) is 16.6 Å². The van der Waals surface area contributed by atoms with Crippen molar-refractivity contribution in [3.63, 3.8) is 0 Å². The standard InChI is InChI=1S/C14H21BrN2O/c1-10-8-11(15)9-13(18-3)14(10)16-12-4-6-17(2)7-5-12/h8-9,12,16H,4-7H2,1-3H3. The SMILES string of the molecule is COc1cc(Br)cc(C)c1NC1CCN(C)CC1. The number of benzene rings is 1. The molecule has 0 saturated carbocycles. The average molecular weight is 313 g/mol. The van der Waals surface area contributed by atoms with Crippen LogP contribution in [0.25, 0.3) is 0 Å². The third-order valence-corrected chi connectivity index (χ3v) is 4.01. The number of halogens is 1. The lowest BCUT2D eigenvalue weighted by molar-refractivity contribution is 0.263. The number of methoxy groups -OCH3 is 1. The van der Waals surface area contributed by atoms with Crippen molar-refractivity contribution in [3.05, 3.63) is 22.2 Å². The van der Waals surface area contributed by atoms with Gasteiger partial charge in [0.1, 0.15) is 5.75 Å². The number of nitrogens with one attached hydrogen (secondary N) is 1. The summed E-state index contributed by atoms with van der Waals surface area (Å²) < 4.78 is 6.53. The van der Waals surface area contributed by atoms with Crippen molar-refractivity contribution >= 4 is 21.6 Å². The van der Waals surface area contributed by atoms with Gasteiger partial charge in [0.2, 0.25) is 0 Å². The largest absolute Gasteiger partial charge is 0.495 e. The van der Waals surface area contributed by atoms with Gasteiger partial charge in [0.25, 0.3) is 0 Å². The summed E-state index contributed by atoms with van der Waals surface area (Å²) in [5.41, 5.74) is 2.36. The van der Waals surface area contributed by atoms with Crippen LogP contribution in [0.2, 0.25) is 0 Å². The highest BCUT2D eigenvalue weighted by Crippen LogP contribution is 2.33. The second-order valence-corrected chi connectivity index (χ2v) is 5.94. The lowest BCUT2D eigenvalue weighted by atomic mass is 10.0. The van der Waals surface area contributed by atoms with E-state index in [9.17, 15) is 0 Å². The molecule has 1 aliphatic rings. The molecule has 0 aromatic heterocycles. The molecule has 0 unspecified atom stereocenters. The molecule has 4 heteroatoms. The molecule has 0 aliphatic carbocycles. The third kappa shape index (κ3) is 3.18. The first-order chi connectivity index (χ1) is 8.60. The maximum Gasteiger partial charge on any atom is 0.143 e. The molecule has 1 aromatic rings. The summed E-state index contributed by atoms with van der Waals surface area (Å²) >= 11 is 3.51. The van der Waals surface area contributed by atoms with Gasteiger partial charge in [-0.3, -0.25) is 0 Å². The van der Waals surface area contributed by atoms with Crippen molar-refractivity contribution in [2.24, 2.45) is 0 Å². The zero-order chi connectivity index (χ0) is 13.1. The second kappa shape index (κ2) is 5.93. The van der Waals surface area contributed by atoms with Crippen molar-refractivity contribution in [1.29, 1.82) is 0 Å². The molecule has 0 spiro atoms. The molecule has 1 aromatic carbocycles. The Morgan fingerprint density at radius 3 is 2.61 bits per heavy atom. The summed E-state index contributed by atoms with van der Waals surface area (Å²) in [7, 11) is 3.91. The summed E-state index contributed by atoms with van der Waals surface area (Å²) in [5.74, 6) is 0.917. The zero-order valence-corrected chi connectivity index (χ0v) is 12.9. The Labute approximate surface area is 118 Å². The van der Waals surface area contributed by atoms with Crippen LogP contribution in [0, 0.1) is 6.92 Å². The van der Waals surface area contributed by atoms with Crippen LogP contribution in [0.4, 0.5) is 5.69 Å². The lowest BCUT2D eigenvalue weighted by Crippen LogP contribution is -2.36. The van der Waals surface area contributed by atoms with Crippen LogP contribution in [0.1, 0.15) is 18.4 Å². The molecule has 0 radical (unpaired) electrons. The summed E-state index contributed by atoms with van der Waals surface area (Å²) in [6, 6.07) is 4.69. The Bertz CT molecular complexity index is 415. The van der Waals surface area contributed by atoms with Crippen molar-refractivity contribution in [3.8, 4) is 5.75 Å². The molecular weight excluding hydrogens is 292 g/mol. The number of ether oxygens (including phenoxy) is 1. The van der Waals surface area contributed by atoms with Gasteiger partial charge in [0, 0.05) is 10.5 Å². The Morgan fingerprint density at radius 1 is 1.33 bits per heavy atom. The Morgan fingerprint density at radius 2 is 2.00 bits per heavy atom. The fourth-order valence-electron chi connectivity index (χ4n) is 2.42. The number of likely N-dealkylation sites (tertiary alicyclic amines) is 1. The molecule has 3 nitrogen and oxygen atoms in total. The van der Waals surface area contributed by atoms with Gasteiger partial charge in [-0.05, 0) is 57.6 Å². The van der Waals surface area contributed by atoms with Gasteiger partial charge in [0.15, 0.2) is 0 Å². The quantitative estimate of drug-likeness (QED) is 0.927. The monoisotopic (exact) mass is 312 g/mol. The zero-order valence-electron chi connectivity index (χ0n) is 11.3. The first-order valence-electron chi connectivity index (χ1n) is 6.39. The predicted octanol–water partition coefficient (Wildman–Crippen LogP) is 3.27. The van der Waals surface area contributed by atoms with E-state index in [1.807, 2.05) is 6.07 Å². The fraction of sp³-hybridized carbons (Fsp3) is 0.571. The highest BCUT2D eigenvalue weighted by Gasteiger charge is 2.18. The van der Waals surface area contributed by atoms with E-state index in [2.05, 4.69) is 46.2 Å². The van der Waals surface area contributed by atoms with Crippen molar-refractivity contribution in [1.82, 2.24) is 4.90 Å². The molecule has 1 fully saturated rings. The molecule has 1 aliphatic heterocycles. The van der Waals surface area contributed by atoms with Gasteiger partial charge < -0.3 is 15.0 Å². The van der Waals surface area contributed by atoms with Crippen molar-refractivity contribution in [2.45, 2.75) is 25.8 Å². The van der Waals surface area contributed by atoms with Crippen molar-refractivity contribution < 1.29 is 4.74 Å². The summed E-state index contributed by atoms with van der Waals surface area (Å²) in [6.45, 7) is 4.44. The maximum atomic E-state index is 5.47. The number of anilines is 1. The van der Waals surface area contributed by atoms with Crippen LogP contribution in [0.3, 0.4) is 0 Å². The Hall–Kier alpha value is -0.740. The summed E-state index contributed by atoms with van der Waals surface area (Å²) in [6.07, 6.45) is 2.38. The van der Waals surface area contributed by atoms with Gasteiger partial charge in [-0.25, -0.2) is 0 Å². The van der Waals surface area contributed by atoms with E-state index in [1.165, 1.54) is 18.4 Å². The topological polar surface area (TPSA) is 24.5 Å². The van der Waals surface area contributed by atoms with Gasteiger partial charge in [-0.15, -0.1) is 0 Å². The molecule has 100 valence electrons. The highest BCUT2D eigenvalue weighted by molar-refractivity contribution is 9.10. The lowest BCUT2D eigenvalue weighted by Gasteiger charge is -2.31. The minimum absolute atomic E-state index is 0.551. The van der Waals surface area contributed by atoms with E-state index in [0.717, 1.165) is 29.0 Å². The normalized spacial score (nSPS) is 17.8. The molecular formula is C14H21BrN2O. The number of hydrogen-bond acceptors (Lipinski definition) is 3. The van der Waals surface area contributed by atoms with Crippen LogP contribution in [-0.2, 0) is 0 Å². The minimum atomic E-state index is 0.551. The van der Waals surface area contributed by atoms with Gasteiger partial charge >= 0.3 is 0 Å². The maximum absolute atomic E-state index is 5.47. The number of rotatable bonds is 3. The number of aryl methyl sites for hydroxylation is 1. The van der Waals surface area contributed by atoms with E-state index >= 15 is 0 Å². The van der Waals surface area contributed by atoms with E-state index in [0.29, 0.717) is 6.04 Å². The van der Waals surface area contributed by atoms with Crippen LogP contribution < -0.4 is 10.1 Å². The van der Waals surface area contributed by atoms with Crippen LogP contribution in [-0.4, -0.2) is 38.2 Å². The Balaban J connectivity index is 2.13. The molecule has 1 heterocycles. The van der Waals surface area contributed by atoms with Gasteiger partial charge in [-0.2, -0.15) is 0 Å². The average Bonchev–Trinajstić information content (AvgIpc) is 2.34. The molecule has 1 saturated heterocycles. The first-order valence-corrected chi connectivity index (χ1v) is 7.18. The second-order valence-electron chi connectivity index (χ2n) is 5.02. The van der Waals surface area contributed by atoms with E-state index in [-0.39, 0.29) is 0 Å². The van der Waals surface area contributed by atoms with E-state index in [1.54, 1.807) is 7.11 Å². The number of nitrogens with zero attached hydrogens (tertiary/aromatic N) is 1. The van der Waals surface area contributed by atoms with Crippen molar-refractivity contribution in [2.75, 3.05) is 32.6 Å². The highest BCUT2D eigenvalue weighted by atomic mass is 79.9. The van der Waals surface area contributed by atoms with Crippen LogP contribution in [0.5, 0.6) is 5.75 Å². The van der Waals surface area contributed by atoms with E-state index < -0.39 is 0 Å². The third-order valence-electron chi connectivity index (χ3n) is 3.55. The van der Waals surface area contributed by atoms with Crippen LogP contribution >= 0.6 is 15.9 Å². The summed E-state index contributed by atoms with van der Waals surface area (Å²) in [4.78, 5) is 2.38. The predicted molar refractivity (Wildman–Crippen MR) is 79.6 cm³/mol. The molecule has 1 N–H and O–H groups in total. The van der Waals surface area contributed by atoms with E-state index in [4.69, 9.17) is 4.74 Å². The molecule has 0 bridgehead atoms. The molecule has 2 rings (SSSR count). The molecule has 0 amide bonds. The minimum Gasteiger partial charge on any atom is -0.495 e. The number of piperidine rings is 1. The molecule has 18 heavy (non-hydrogen) atoms. The van der Waals surface area contributed by atoms with Gasteiger partial charge in [0.05, 0.1) is 12.8 Å². The fourth-order valence-corrected chi connectivity index (χ4v) is 2.97. The molecule has 0 atom stereocenters.